The molecule has 11 nitrogen and oxygen atoms in total. The van der Waals surface area contributed by atoms with Crippen LogP contribution in [0, 0.1) is 0 Å². The topological polar surface area (TPSA) is 162 Å². The average Bonchev–Trinajstić information content (AvgIpc) is 2.86. The maximum atomic E-state index is 12.8. The Morgan fingerprint density at radius 1 is 1.05 bits per heavy atom. The second-order valence-electron chi connectivity index (χ2n) is 7.61. The summed E-state index contributed by atoms with van der Waals surface area (Å²) in [4.78, 5) is 57.1. The summed E-state index contributed by atoms with van der Waals surface area (Å²) in [5, 5.41) is 24.3. The minimum Gasteiger partial charge on any atom is -0.508 e. The molecule has 0 aliphatic rings. The molecule has 0 aliphatic carbocycles. The second-order valence-corrected chi connectivity index (χ2v) is 9.01. The number of carboxylic acids is 1. The van der Waals surface area contributed by atoms with Crippen LogP contribution in [0.2, 0.25) is 5.02 Å². The number of carbonyl (C=O) groups is 4. The Morgan fingerprint density at radius 3 is 2.41 bits per heavy atom. The largest absolute Gasteiger partial charge is 0.508 e. The van der Waals surface area contributed by atoms with Crippen LogP contribution < -0.4 is 10.6 Å². The van der Waals surface area contributed by atoms with Crippen LogP contribution in [0.25, 0.3) is 0 Å². The number of hydrogen-bond acceptors (Lipinski definition) is 8. The van der Waals surface area contributed by atoms with E-state index in [2.05, 4.69) is 20.6 Å². The molecule has 13 heteroatoms. The molecule has 1 atom stereocenters. The Bertz CT molecular complexity index is 1310. The highest BCUT2D eigenvalue weighted by Gasteiger charge is 2.27. The molecule has 0 fully saturated rings. The van der Waals surface area contributed by atoms with Crippen molar-refractivity contribution in [3.8, 4) is 5.75 Å². The normalized spacial score (nSPS) is 11.3. The Balaban J connectivity index is 1.66. The Kier molecular flexibility index (Phi) is 9.41. The number of nitrogens with zero attached hydrogens (tertiary/aromatic N) is 3. The molecule has 3 aromatic rings. The van der Waals surface area contributed by atoms with Gasteiger partial charge in [0.25, 0.3) is 11.8 Å². The van der Waals surface area contributed by atoms with Gasteiger partial charge in [-0.25, -0.2) is 14.8 Å². The van der Waals surface area contributed by atoms with Crippen LogP contribution in [-0.4, -0.2) is 60.8 Å². The zero-order valence-electron chi connectivity index (χ0n) is 19.4. The average molecular weight is 544 g/mol. The van der Waals surface area contributed by atoms with Gasteiger partial charge in [0.2, 0.25) is 11.1 Å². The number of carbonyl (C=O) groups excluding carboxylic acids is 3. The first kappa shape index (κ1) is 27.4. The molecule has 2 aromatic carbocycles. The maximum Gasteiger partial charge on any atom is 0.328 e. The first-order valence-corrected chi connectivity index (χ1v) is 11.9. The van der Waals surface area contributed by atoms with Crippen LogP contribution in [0.5, 0.6) is 5.75 Å². The van der Waals surface area contributed by atoms with Gasteiger partial charge in [0, 0.05) is 43.4 Å². The van der Waals surface area contributed by atoms with Crippen molar-refractivity contribution in [2.45, 2.75) is 24.7 Å². The van der Waals surface area contributed by atoms with Crippen LogP contribution in [0.4, 0.5) is 0 Å². The van der Waals surface area contributed by atoms with Crippen LogP contribution in [0.3, 0.4) is 0 Å². The third-order valence-corrected chi connectivity index (χ3v) is 6.19. The highest BCUT2D eigenvalue weighted by molar-refractivity contribution is 7.97. The summed E-state index contributed by atoms with van der Waals surface area (Å²) < 4.78 is 1.12. The SMILES string of the molecule is CC(=O)N(C[C@H](NC(=O)c1ccc(C(=O)NCc2cccc(O)c2)cc1Cl)C(=O)O)Sc1ncccn1. The molecule has 0 spiro atoms. The van der Waals surface area contributed by atoms with E-state index in [0.717, 1.165) is 16.3 Å². The zero-order valence-corrected chi connectivity index (χ0v) is 21.0. The lowest BCUT2D eigenvalue weighted by molar-refractivity contribution is -0.139. The van der Waals surface area contributed by atoms with Gasteiger partial charge in [-0.15, -0.1) is 0 Å². The number of nitrogens with one attached hydrogen (secondary N) is 2. The Labute approximate surface area is 221 Å². The fourth-order valence-electron chi connectivity index (χ4n) is 3.04. The summed E-state index contributed by atoms with van der Waals surface area (Å²) in [6, 6.07) is 10.5. The van der Waals surface area contributed by atoms with Crippen molar-refractivity contribution in [1.29, 1.82) is 0 Å². The fourth-order valence-corrected chi connectivity index (χ4v) is 4.07. The summed E-state index contributed by atoms with van der Waals surface area (Å²) >= 11 is 7.07. The van der Waals surface area contributed by atoms with E-state index in [4.69, 9.17) is 11.6 Å². The van der Waals surface area contributed by atoms with Gasteiger partial charge < -0.3 is 20.8 Å². The fraction of sp³-hybridized carbons (Fsp3) is 0.167. The predicted molar refractivity (Wildman–Crippen MR) is 135 cm³/mol. The molecule has 3 amide bonds. The number of aromatic nitrogens is 2. The van der Waals surface area contributed by atoms with Crippen molar-refractivity contribution in [3.05, 3.63) is 82.6 Å². The maximum absolute atomic E-state index is 12.8. The summed E-state index contributed by atoms with van der Waals surface area (Å²) in [7, 11) is 0. The molecule has 0 unspecified atom stereocenters. The Hall–Kier alpha value is -4.16. The van der Waals surface area contributed by atoms with E-state index in [0.29, 0.717) is 5.56 Å². The van der Waals surface area contributed by atoms with Crippen LogP contribution in [0.1, 0.15) is 33.2 Å². The van der Waals surface area contributed by atoms with Crippen LogP contribution in [0.15, 0.2) is 66.1 Å². The number of phenols is 1. The van der Waals surface area contributed by atoms with Gasteiger partial charge in [-0.2, -0.15) is 0 Å². The number of carboxylic acid groups (broad SMARTS) is 1. The summed E-state index contributed by atoms with van der Waals surface area (Å²) in [5.74, 6) is -3.01. The van der Waals surface area contributed by atoms with Crippen molar-refractivity contribution in [2.75, 3.05) is 6.54 Å². The highest BCUT2D eigenvalue weighted by Crippen LogP contribution is 2.21. The second kappa shape index (κ2) is 12.7. The van der Waals surface area contributed by atoms with Gasteiger partial charge >= 0.3 is 5.97 Å². The number of aromatic hydroxyl groups is 1. The molecule has 4 N–H and O–H groups in total. The Morgan fingerprint density at radius 2 is 1.78 bits per heavy atom. The van der Waals surface area contributed by atoms with Gasteiger partial charge in [0.1, 0.15) is 11.8 Å². The van der Waals surface area contributed by atoms with E-state index >= 15 is 0 Å². The molecule has 0 saturated heterocycles. The first-order valence-electron chi connectivity index (χ1n) is 10.8. The summed E-state index contributed by atoms with van der Waals surface area (Å²) in [6.45, 7) is 1.04. The molecule has 3 rings (SSSR count). The standard InChI is InChI=1S/C24H22ClN5O6S/c1-14(31)30(37-24-26-8-3-9-27-24)13-20(23(35)36)29-22(34)18-7-6-16(11-19(18)25)21(33)28-12-15-4-2-5-17(32)10-15/h2-11,20,32H,12-13H2,1H3,(H,28,33)(H,29,34)(H,35,36)/t20-/m0/s1. The lowest BCUT2D eigenvalue weighted by Gasteiger charge is -2.23. The van der Waals surface area contributed by atoms with E-state index in [-0.39, 0.29) is 40.1 Å². The van der Waals surface area contributed by atoms with Crippen molar-refractivity contribution in [2.24, 2.45) is 0 Å². The van der Waals surface area contributed by atoms with Crippen molar-refractivity contribution >= 4 is 47.2 Å². The molecule has 0 bridgehead atoms. The number of benzene rings is 2. The van der Waals surface area contributed by atoms with Gasteiger partial charge in [-0.1, -0.05) is 23.7 Å². The van der Waals surface area contributed by atoms with Crippen molar-refractivity contribution in [3.63, 3.8) is 0 Å². The lowest BCUT2D eigenvalue weighted by atomic mass is 10.1. The minimum atomic E-state index is -1.46. The minimum absolute atomic E-state index is 0.0501. The summed E-state index contributed by atoms with van der Waals surface area (Å²) in [5.41, 5.74) is 0.816. The smallest absolute Gasteiger partial charge is 0.328 e. The summed E-state index contributed by atoms with van der Waals surface area (Å²) in [6.07, 6.45) is 2.95. The van der Waals surface area contributed by atoms with Gasteiger partial charge in [-0.05, 0) is 42.0 Å². The molecule has 37 heavy (non-hydrogen) atoms. The third kappa shape index (κ3) is 7.92. The molecule has 1 heterocycles. The molecule has 0 saturated carbocycles. The molecule has 0 aliphatic heterocycles. The van der Waals surface area contributed by atoms with E-state index in [1.165, 1.54) is 49.6 Å². The number of amides is 3. The number of rotatable bonds is 10. The van der Waals surface area contributed by atoms with Crippen LogP contribution >= 0.6 is 23.5 Å². The predicted octanol–water partition coefficient (Wildman–Crippen LogP) is 2.50. The van der Waals surface area contributed by atoms with Gasteiger partial charge in [-0.3, -0.25) is 18.7 Å². The molecule has 192 valence electrons. The van der Waals surface area contributed by atoms with Crippen molar-refractivity contribution in [1.82, 2.24) is 24.9 Å². The van der Waals surface area contributed by atoms with Gasteiger partial charge in [0.05, 0.1) is 17.1 Å². The number of aliphatic carboxylic acids is 1. The lowest BCUT2D eigenvalue weighted by Crippen LogP contribution is -2.48. The monoisotopic (exact) mass is 543 g/mol. The number of hydrogen-bond donors (Lipinski definition) is 4. The quantitative estimate of drug-likeness (QED) is 0.222. The zero-order chi connectivity index (χ0) is 26.9. The van der Waals surface area contributed by atoms with E-state index < -0.39 is 29.7 Å². The van der Waals surface area contributed by atoms with Gasteiger partial charge in [0.15, 0.2) is 0 Å². The third-order valence-electron chi connectivity index (χ3n) is 4.88. The molecular formula is C24H22ClN5O6S. The van der Waals surface area contributed by atoms with Crippen molar-refractivity contribution < 1.29 is 29.4 Å². The van der Waals surface area contributed by atoms with E-state index in [1.807, 2.05) is 0 Å². The molecule has 0 radical (unpaired) electrons. The molecule has 1 aromatic heterocycles. The number of halogens is 1. The highest BCUT2D eigenvalue weighted by atomic mass is 35.5. The van der Waals surface area contributed by atoms with E-state index in [1.54, 1.807) is 18.2 Å². The number of phenolic OH excluding ortho intramolecular Hbond substituents is 1. The first-order chi connectivity index (χ1) is 17.6. The van der Waals surface area contributed by atoms with E-state index in [9.17, 15) is 29.4 Å². The van der Waals surface area contributed by atoms with Crippen LogP contribution in [-0.2, 0) is 16.1 Å². The molecular weight excluding hydrogens is 522 g/mol.